The van der Waals surface area contributed by atoms with Crippen LogP contribution in [0.1, 0.15) is 0 Å². The van der Waals surface area contributed by atoms with Gasteiger partial charge in [0.05, 0.1) is 15.1 Å². The lowest BCUT2D eigenvalue weighted by Gasteiger charge is -2.03. The van der Waals surface area contributed by atoms with E-state index >= 15 is 0 Å². The average molecular weight is 347 g/mol. The maximum atomic E-state index is 6.18. The number of benzene rings is 1. The van der Waals surface area contributed by atoms with Crippen LogP contribution in [0.2, 0.25) is 20.1 Å². The van der Waals surface area contributed by atoms with Crippen molar-refractivity contribution >= 4 is 57.9 Å². The second-order valence-corrected chi connectivity index (χ2v) is 5.86. The fourth-order valence-corrected chi connectivity index (χ4v) is 2.86. The van der Waals surface area contributed by atoms with Gasteiger partial charge in [-0.2, -0.15) is 0 Å². The van der Waals surface area contributed by atoms with E-state index in [1.54, 1.807) is 34.9 Å². The van der Waals surface area contributed by atoms with Crippen LogP contribution in [0.3, 0.4) is 0 Å². The summed E-state index contributed by atoms with van der Waals surface area (Å²) in [5.41, 5.74) is 7.78. The van der Waals surface area contributed by atoms with Crippen molar-refractivity contribution < 1.29 is 0 Å². The maximum absolute atomic E-state index is 6.18. The number of imidazole rings is 1. The van der Waals surface area contributed by atoms with Gasteiger partial charge in [0.15, 0.2) is 5.65 Å². The molecule has 0 aliphatic rings. The molecule has 3 aromatic rings. The molecule has 1 aromatic carbocycles. The Morgan fingerprint density at radius 2 is 1.70 bits per heavy atom. The summed E-state index contributed by atoms with van der Waals surface area (Å²) in [5, 5.41) is 1.93. The summed E-state index contributed by atoms with van der Waals surface area (Å²) < 4.78 is 1.62. The SMILES string of the molecule is Nc1c(-c2cc(Cl)ccc2Cl)nc2c(Cl)cc(Cl)cn12. The third kappa shape index (κ3) is 2.21. The van der Waals surface area contributed by atoms with Crippen molar-refractivity contribution in [2.24, 2.45) is 0 Å². The third-order valence-electron chi connectivity index (χ3n) is 2.86. The van der Waals surface area contributed by atoms with Crippen LogP contribution in [0.25, 0.3) is 16.9 Å². The summed E-state index contributed by atoms with van der Waals surface area (Å²) in [5.74, 6) is 0.397. The predicted molar refractivity (Wildman–Crippen MR) is 85.1 cm³/mol. The number of anilines is 1. The molecule has 7 heteroatoms. The largest absolute Gasteiger partial charge is 0.383 e. The van der Waals surface area contributed by atoms with E-state index in [-0.39, 0.29) is 0 Å². The molecule has 0 bridgehead atoms. The van der Waals surface area contributed by atoms with E-state index in [4.69, 9.17) is 52.1 Å². The molecule has 0 saturated heterocycles. The first-order chi connectivity index (χ1) is 9.47. The van der Waals surface area contributed by atoms with Gasteiger partial charge >= 0.3 is 0 Å². The van der Waals surface area contributed by atoms with Gasteiger partial charge in [0.25, 0.3) is 0 Å². The molecule has 0 fully saturated rings. The minimum absolute atomic E-state index is 0.397. The number of pyridine rings is 1. The minimum Gasteiger partial charge on any atom is -0.383 e. The van der Waals surface area contributed by atoms with Crippen molar-refractivity contribution in [3.8, 4) is 11.3 Å². The summed E-state index contributed by atoms with van der Waals surface area (Å²) in [6.07, 6.45) is 1.65. The number of rotatable bonds is 1. The highest BCUT2D eigenvalue weighted by atomic mass is 35.5. The van der Waals surface area contributed by atoms with E-state index in [1.165, 1.54) is 0 Å². The number of nitrogens with zero attached hydrogens (tertiary/aromatic N) is 2. The first-order valence-electron chi connectivity index (χ1n) is 5.55. The number of hydrogen-bond donors (Lipinski definition) is 1. The van der Waals surface area contributed by atoms with Crippen LogP contribution in [-0.4, -0.2) is 9.38 Å². The van der Waals surface area contributed by atoms with Crippen LogP contribution < -0.4 is 5.73 Å². The van der Waals surface area contributed by atoms with Gasteiger partial charge in [-0.3, -0.25) is 4.40 Å². The van der Waals surface area contributed by atoms with Crippen molar-refractivity contribution in [1.29, 1.82) is 0 Å². The van der Waals surface area contributed by atoms with Gasteiger partial charge in [0.1, 0.15) is 11.5 Å². The molecule has 3 rings (SSSR count). The zero-order chi connectivity index (χ0) is 14.4. The second-order valence-electron chi connectivity index (χ2n) is 4.17. The monoisotopic (exact) mass is 345 g/mol. The molecule has 0 aliphatic carbocycles. The maximum Gasteiger partial charge on any atom is 0.158 e. The van der Waals surface area contributed by atoms with Crippen LogP contribution in [0.15, 0.2) is 30.5 Å². The summed E-state index contributed by atoms with van der Waals surface area (Å²) in [6.45, 7) is 0. The van der Waals surface area contributed by atoms with Gasteiger partial charge in [-0.1, -0.05) is 46.4 Å². The van der Waals surface area contributed by atoms with Gasteiger partial charge in [-0.05, 0) is 24.3 Å². The number of nitrogen functional groups attached to an aromatic ring is 1. The highest BCUT2D eigenvalue weighted by Crippen LogP contribution is 2.36. The molecule has 0 radical (unpaired) electrons. The first-order valence-corrected chi connectivity index (χ1v) is 7.06. The quantitative estimate of drug-likeness (QED) is 0.658. The van der Waals surface area contributed by atoms with Crippen molar-refractivity contribution in [3.05, 3.63) is 50.6 Å². The molecule has 0 saturated carbocycles. The molecule has 0 aliphatic heterocycles. The van der Waals surface area contributed by atoms with Gasteiger partial charge in [-0.15, -0.1) is 0 Å². The van der Waals surface area contributed by atoms with Crippen LogP contribution in [0.5, 0.6) is 0 Å². The zero-order valence-electron chi connectivity index (χ0n) is 9.87. The first kappa shape index (κ1) is 13.8. The fraction of sp³-hybridized carbons (Fsp3) is 0. The highest BCUT2D eigenvalue weighted by molar-refractivity contribution is 6.37. The van der Waals surface area contributed by atoms with Crippen molar-refractivity contribution in [3.63, 3.8) is 0 Å². The third-order valence-corrected chi connectivity index (χ3v) is 3.91. The minimum atomic E-state index is 0.397. The number of hydrogen-bond acceptors (Lipinski definition) is 2. The topological polar surface area (TPSA) is 43.3 Å². The van der Waals surface area contributed by atoms with E-state index in [0.29, 0.717) is 42.8 Å². The summed E-state index contributed by atoms with van der Waals surface area (Å²) >= 11 is 24.3. The summed E-state index contributed by atoms with van der Waals surface area (Å²) in [6, 6.07) is 6.70. The molecule has 102 valence electrons. The molecule has 0 unspecified atom stereocenters. The van der Waals surface area contributed by atoms with Crippen molar-refractivity contribution in [2.75, 3.05) is 5.73 Å². The highest BCUT2D eigenvalue weighted by Gasteiger charge is 2.16. The van der Waals surface area contributed by atoms with Crippen LogP contribution in [-0.2, 0) is 0 Å². The number of halogens is 4. The Bertz CT molecular complexity index is 826. The van der Waals surface area contributed by atoms with Crippen LogP contribution >= 0.6 is 46.4 Å². The Kier molecular flexibility index (Phi) is 3.46. The van der Waals surface area contributed by atoms with Crippen molar-refractivity contribution in [2.45, 2.75) is 0 Å². The molecule has 20 heavy (non-hydrogen) atoms. The molecule has 0 amide bonds. The van der Waals surface area contributed by atoms with E-state index in [2.05, 4.69) is 4.98 Å². The molecular weight excluding hydrogens is 340 g/mol. The lowest BCUT2D eigenvalue weighted by molar-refractivity contribution is 1.20. The number of fused-ring (bicyclic) bond motifs is 1. The van der Waals surface area contributed by atoms with E-state index in [1.807, 2.05) is 0 Å². The molecule has 0 spiro atoms. The molecule has 2 heterocycles. The molecule has 3 nitrogen and oxygen atoms in total. The Morgan fingerprint density at radius 1 is 0.950 bits per heavy atom. The second kappa shape index (κ2) is 5.01. The van der Waals surface area contributed by atoms with E-state index in [0.717, 1.165) is 0 Å². The average Bonchev–Trinajstić information content (AvgIpc) is 2.71. The van der Waals surface area contributed by atoms with Gasteiger partial charge in [0.2, 0.25) is 0 Å². The predicted octanol–water partition coefficient (Wildman–Crippen LogP) is 5.20. The Morgan fingerprint density at radius 3 is 2.45 bits per heavy atom. The molecule has 2 N–H and O–H groups in total. The lowest BCUT2D eigenvalue weighted by atomic mass is 10.1. The van der Waals surface area contributed by atoms with Gasteiger partial charge in [-0.25, -0.2) is 4.98 Å². The zero-order valence-corrected chi connectivity index (χ0v) is 12.9. The van der Waals surface area contributed by atoms with Gasteiger partial charge < -0.3 is 5.73 Å². The van der Waals surface area contributed by atoms with Crippen LogP contribution in [0.4, 0.5) is 5.82 Å². The summed E-state index contributed by atoms with van der Waals surface area (Å²) in [7, 11) is 0. The lowest BCUT2D eigenvalue weighted by Crippen LogP contribution is -1.94. The standard InChI is InChI=1S/C13H7Cl4N3/c14-6-1-2-9(16)8(3-6)11-12(18)20-5-7(15)4-10(17)13(20)19-11/h1-5H,18H2. The Hall–Kier alpha value is -1.13. The molecular formula is C13H7Cl4N3. The normalized spacial score (nSPS) is 11.2. The fourth-order valence-electron chi connectivity index (χ4n) is 1.97. The molecule has 0 atom stereocenters. The smallest absolute Gasteiger partial charge is 0.158 e. The van der Waals surface area contributed by atoms with E-state index in [9.17, 15) is 0 Å². The molecule has 2 aromatic heterocycles. The Labute approximate surface area is 134 Å². The number of aromatic nitrogens is 2. The van der Waals surface area contributed by atoms with E-state index < -0.39 is 0 Å². The summed E-state index contributed by atoms with van der Waals surface area (Å²) in [4.78, 5) is 4.43. The van der Waals surface area contributed by atoms with Crippen LogP contribution in [0, 0.1) is 0 Å². The van der Waals surface area contributed by atoms with Crippen molar-refractivity contribution in [1.82, 2.24) is 9.38 Å². The van der Waals surface area contributed by atoms with Gasteiger partial charge in [0, 0.05) is 16.8 Å². The Balaban J connectivity index is 2.35. The number of nitrogens with two attached hydrogens (primary N) is 1.